The van der Waals surface area contributed by atoms with Gasteiger partial charge in [0.2, 0.25) is 0 Å². The highest BCUT2D eigenvalue weighted by atomic mass is 32.1. The van der Waals surface area contributed by atoms with E-state index in [0.29, 0.717) is 5.92 Å². The lowest BCUT2D eigenvalue weighted by Gasteiger charge is -2.13. The summed E-state index contributed by atoms with van der Waals surface area (Å²) in [6, 6.07) is 0. The van der Waals surface area contributed by atoms with Crippen LogP contribution < -0.4 is 0 Å². The van der Waals surface area contributed by atoms with Gasteiger partial charge in [-0.05, 0) is 18.8 Å². The summed E-state index contributed by atoms with van der Waals surface area (Å²) in [5, 5.41) is 1.82. The Morgan fingerprint density at radius 3 is 3.10 bits per heavy atom. The Balaban J connectivity index is 2.64. The zero-order valence-electron chi connectivity index (χ0n) is 6.12. The van der Waals surface area contributed by atoms with E-state index in [1.54, 1.807) is 0 Å². The second-order valence-corrected chi connectivity index (χ2v) is 2.82. The maximum absolute atomic E-state index is 4.04. The van der Waals surface area contributed by atoms with Gasteiger partial charge < -0.3 is 0 Å². The Kier molecular flexibility index (Phi) is 2.82. The maximum atomic E-state index is 4.04. The van der Waals surface area contributed by atoms with Gasteiger partial charge in [0, 0.05) is 5.92 Å². The van der Waals surface area contributed by atoms with Crippen molar-refractivity contribution >= 4 is 12.6 Å². The van der Waals surface area contributed by atoms with E-state index in [2.05, 4.69) is 43.9 Å². The first-order chi connectivity index (χ1) is 4.84. The molecule has 0 aromatic carbocycles. The molecule has 0 nitrogen and oxygen atoms in total. The van der Waals surface area contributed by atoms with E-state index in [0.717, 1.165) is 6.42 Å². The van der Waals surface area contributed by atoms with Gasteiger partial charge in [-0.15, -0.1) is 0 Å². The highest BCUT2D eigenvalue weighted by Gasteiger charge is 2.05. The van der Waals surface area contributed by atoms with E-state index in [9.17, 15) is 0 Å². The Bertz CT molecular complexity index is 187. The van der Waals surface area contributed by atoms with Crippen LogP contribution in [0.4, 0.5) is 0 Å². The number of thiol groups is 1. The molecule has 0 radical (unpaired) electrons. The summed E-state index contributed by atoms with van der Waals surface area (Å²) in [7, 11) is 0. The van der Waals surface area contributed by atoms with Crippen LogP contribution in [0.25, 0.3) is 0 Å². The SMILES string of the molecule is CC1=CC=CCC1/C=C\S. The molecule has 1 atom stereocenters. The van der Waals surface area contributed by atoms with Gasteiger partial charge in [-0.2, -0.15) is 12.6 Å². The van der Waals surface area contributed by atoms with Crippen LogP contribution in [0.2, 0.25) is 0 Å². The second-order valence-electron chi connectivity index (χ2n) is 2.52. The molecule has 0 heterocycles. The highest BCUT2D eigenvalue weighted by Crippen LogP contribution is 2.20. The molecule has 0 fully saturated rings. The molecule has 10 heavy (non-hydrogen) atoms. The summed E-state index contributed by atoms with van der Waals surface area (Å²) < 4.78 is 0. The molecule has 0 aliphatic heterocycles. The van der Waals surface area contributed by atoms with Gasteiger partial charge in [0.15, 0.2) is 0 Å². The van der Waals surface area contributed by atoms with Gasteiger partial charge in [-0.25, -0.2) is 0 Å². The van der Waals surface area contributed by atoms with E-state index < -0.39 is 0 Å². The first-order valence-corrected chi connectivity index (χ1v) is 4.00. The molecule has 0 aromatic heterocycles. The normalized spacial score (nSPS) is 25.4. The lowest BCUT2D eigenvalue weighted by atomic mass is 9.93. The van der Waals surface area contributed by atoms with Crippen LogP contribution in [-0.4, -0.2) is 0 Å². The average Bonchev–Trinajstić information content (AvgIpc) is 1.94. The third-order valence-corrected chi connectivity index (χ3v) is 1.96. The van der Waals surface area contributed by atoms with Crippen molar-refractivity contribution in [2.24, 2.45) is 5.92 Å². The van der Waals surface area contributed by atoms with E-state index in [-0.39, 0.29) is 0 Å². The van der Waals surface area contributed by atoms with Gasteiger partial charge in [-0.3, -0.25) is 0 Å². The van der Waals surface area contributed by atoms with Crippen molar-refractivity contribution in [2.45, 2.75) is 13.3 Å². The van der Waals surface area contributed by atoms with Crippen LogP contribution in [0.5, 0.6) is 0 Å². The van der Waals surface area contributed by atoms with Gasteiger partial charge in [0.05, 0.1) is 0 Å². The third kappa shape index (κ3) is 1.77. The van der Waals surface area contributed by atoms with Crippen molar-refractivity contribution in [2.75, 3.05) is 0 Å². The number of rotatable bonds is 1. The standard InChI is InChI=1S/C9H12S/c1-8-4-2-3-5-9(8)6-7-10/h2-4,6-7,9-10H,5H2,1H3/b7-6-. The lowest BCUT2D eigenvalue weighted by Crippen LogP contribution is -1.98. The topological polar surface area (TPSA) is 0 Å². The largest absolute Gasteiger partial charge is 0.152 e. The second kappa shape index (κ2) is 3.67. The van der Waals surface area contributed by atoms with Crippen LogP contribution in [-0.2, 0) is 0 Å². The van der Waals surface area contributed by atoms with E-state index in [1.165, 1.54) is 5.57 Å². The Labute approximate surface area is 67.7 Å². The summed E-state index contributed by atoms with van der Waals surface area (Å²) in [5.74, 6) is 0.586. The molecule has 0 saturated heterocycles. The van der Waals surface area contributed by atoms with Crippen molar-refractivity contribution in [3.63, 3.8) is 0 Å². The van der Waals surface area contributed by atoms with Crippen molar-refractivity contribution in [1.82, 2.24) is 0 Å². The first-order valence-electron chi connectivity index (χ1n) is 3.49. The molecule has 1 aliphatic carbocycles. The van der Waals surface area contributed by atoms with Gasteiger partial charge >= 0.3 is 0 Å². The Morgan fingerprint density at radius 1 is 1.70 bits per heavy atom. The molecule has 1 heteroatoms. The number of allylic oxidation sites excluding steroid dienone is 5. The van der Waals surface area contributed by atoms with Gasteiger partial charge in [0.25, 0.3) is 0 Å². The van der Waals surface area contributed by atoms with Gasteiger partial charge in [-0.1, -0.05) is 29.9 Å². The third-order valence-electron chi connectivity index (χ3n) is 1.79. The monoisotopic (exact) mass is 152 g/mol. The summed E-state index contributed by atoms with van der Waals surface area (Å²) in [6.07, 6.45) is 9.70. The van der Waals surface area contributed by atoms with E-state index in [1.807, 2.05) is 5.41 Å². The fraction of sp³-hybridized carbons (Fsp3) is 0.333. The van der Waals surface area contributed by atoms with Crippen LogP contribution in [0.3, 0.4) is 0 Å². The van der Waals surface area contributed by atoms with Crippen LogP contribution in [0.15, 0.2) is 35.3 Å². The zero-order valence-corrected chi connectivity index (χ0v) is 7.01. The summed E-state index contributed by atoms with van der Waals surface area (Å²) in [6.45, 7) is 2.15. The van der Waals surface area contributed by atoms with Gasteiger partial charge in [0.1, 0.15) is 0 Å². The van der Waals surface area contributed by atoms with Crippen LogP contribution in [0.1, 0.15) is 13.3 Å². The summed E-state index contributed by atoms with van der Waals surface area (Å²) in [5.41, 5.74) is 1.42. The fourth-order valence-corrected chi connectivity index (χ4v) is 1.30. The molecule has 0 amide bonds. The van der Waals surface area contributed by atoms with E-state index in [4.69, 9.17) is 0 Å². The highest BCUT2D eigenvalue weighted by molar-refractivity contribution is 7.83. The Morgan fingerprint density at radius 2 is 2.50 bits per heavy atom. The lowest BCUT2D eigenvalue weighted by molar-refractivity contribution is 0.766. The predicted molar refractivity (Wildman–Crippen MR) is 49.1 cm³/mol. The average molecular weight is 152 g/mol. The van der Waals surface area contributed by atoms with Crippen molar-refractivity contribution < 1.29 is 0 Å². The molecule has 1 rings (SSSR count). The predicted octanol–water partition coefficient (Wildman–Crippen LogP) is 2.95. The minimum absolute atomic E-state index is 0.586. The number of hydrogen-bond donors (Lipinski definition) is 1. The number of hydrogen-bond acceptors (Lipinski definition) is 1. The molecule has 0 N–H and O–H groups in total. The molecule has 1 unspecified atom stereocenters. The maximum Gasteiger partial charge on any atom is 0.00198 e. The Hall–Kier alpha value is -0.430. The molecule has 0 bridgehead atoms. The summed E-state index contributed by atoms with van der Waals surface area (Å²) in [4.78, 5) is 0. The molecule has 0 aromatic rings. The van der Waals surface area contributed by atoms with Crippen LogP contribution in [0, 0.1) is 5.92 Å². The van der Waals surface area contributed by atoms with Crippen molar-refractivity contribution in [1.29, 1.82) is 0 Å². The van der Waals surface area contributed by atoms with Crippen molar-refractivity contribution in [3.05, 3.63) is 35.3 Å². The minimum Gasteiger partial charge on any atom is -0.152 e. The quantitative estimate of drug-likeness (QED) is 0.549. The molecule has 0 saturated carbocycles. The summed E-state index contributed by atoms with van der Waals surface area (Å²) >= 11 is 4.04. The smallest absolute Gasteiger partial charge is 0.00198 e. The molecular formula is C9H12S. The fourth-order valence-electron chi connectivity index (χ4n) is 1.09. The van der Waals surface area contributed by atoms with E-state index >= 15 is 0 Å². The zero-order chi connectivity index (χ0) is 7.40. The molecule has 54 valence electrons. The van der Waals surface area contributed by atoms with Crippen LogP contribution >= 0.6 is 12.6 Å². The first kappa shape index (κ1) is 7.67. The molecular weight excluding hydrogens is 140 g/mol. The minimum atomic E-state index is 0.586. The molecule has 0 spiro atoms. The molecule has 1 aliphatic rings. The van der Waals surface area contributed by atoms with Crippen molar-refractivity contribution in [3.8, 4) is 0 Å².